The molecule has 0 aliphatic carbocycles. The summed E-state index contributed by atoms with van der Waals surface area (Å²) in [4.78, 5) is 15.7. The summed E-state index contributed by atoms with van der Waals surface area (Å²) in [6.45, 7) is 0. The molecule has 124 valence electrons. The maximum atomic E-state index is 12.5. The maximum Gasteiger partial charge on any atom is 0.573 e. The Hall–Kier alpha value is -3.10. The van der Waals surface area contributed by atoms with E-state index < -0.39 is 12.1 Å². The van der Waals surface area contributed by atoms with Gasteiger partial charge in [0.05, 0.1) is 5.56 Å². The van der Waals surface area contributed by atoms with Gasteiger partial charge >= 0.3 is 6.36 Å². The molecule has 0 saturated carbocycles. The summed E-state index contributed by atoms with van der Waals surface area (Å²) < 4.78 is 47.8. The Bertz CT molecular complexity index is 931. The first-order chi connectivity index (χ1) is 11.3. The van der Waals surface area contributed by atoms with Crippen molar-refractivity contribution in [2.75, 3.05) is 0 Å². The van der Waals surface area contributed by atoms with Crippen LogP contribution in [0.25, 0.3) is 23.0 Å². The molecule has 6 nitrogen and oxygen atoms in total. The van der Waals surface area contributed by atoms with Gasteiger partial charge in [-0.2, -0.15) is 4.98 Å². The highest BCUT2D eigenvalue weighted by Gasteiger charge is 2.32. The van der Waals surface area contributed by atoms with Crippen molar-refractivity contribution in [2.24, 2.45) is 7.05 Å². The molecule has 2 aromatic heterocycles. The average Bonchev–Trinajstić information content (AvgIpc) is 2.98. The third-order valence-electron chi connectivity index (χ3n) is 3.18. The summed E-state index contributed by atoms with van der Waals surface area (Å²) in [6.07, 6.45) is -4.84. The Morgan fingerprint density at radius 2 is 1.88 bits per heavy atom. The van der Waals surface area contributed by atoms with Crippen LogP contribution < -0.4 is 10.3 Å². The standard InChI is InChI=1S/C15H10F3N3O3/c1-21-10(6-4-8-12(21)22)14-19-13(20-24-14)9-5-2-3-7-11(9)23-15(16,17)18/h2-8H,1H3. The highest BCUT2D eigenvalue weighted by Crippen LogP contribution is 2.32. The van der Waals surface area contributed by atoms with E-state index in [1.165, 1.54) is 41.9 Å². The van der Waals surface area contributed by atoms with Crippen molar-refractivity contribution in [1.82, 2.24) is 14.7 Å². The smallest absolute Gasteiger partial charge is 0.405 e. The zero-order valence-electron chi connectivity index (χ0n) is 12.2. The lowest BCUT2D eigenvalue weighted by molar-refractivity contribution is -0.274. The van der Waals surface area contributed by atoms with Gasteiger partial charge in [0.2, 0.25) is 5.82 Å². The molecule has 0 bridgehead atoms. The Balaban J connectivity index is 2.03. The lowest BCUT2D eigenvalue weighted by Gasteiger charge is -2.10. The molecule has 2 heterocycles. The van der Waals surface area contributed by atoms with Crippen LogP contribution in [0.3, 0.4) is 0 Å². The first kappa shape index (κ1) is 15.8. The van der Waals surface area contributed by atoms with Crippen LogP contribution in [0.5, 0.6) is 5.75 Å². The summed E-state index contributed by atoms with van der Waals surface area (Å²) >= 11 is 0. The van der Waals surface area contributed by atoms with E-state index in [4.69, 9.17) is 4.52 Å². The first-order valence-corrected chi connectivity index (χ1v) is 6.70. The fourth-order valence-electron chi connectivity index (χ4n) is 2.08. The molecule has 0 atom stereocenters. The first-order valence-electron chi connectivity index (χ1n) is 6.70. The molecular formula is C15H10F3N3O3. The van der Waals surface area contributed by atoms with Crippen molar-refractivity contribution < 1.29 is 22.4 Å². The van der Waals surface area contributed by atoms with Crippen LogP contribution in [0.15, 0.2) is 51.8 Å². The molecular weight excluding hydrogens is 327 g/mol. The zero-order valence-corrected chi connectivity index (χ0v) is 12.2. The number of halogens is 3. The number of benzene rings is 1. The maximum absolute atomic E-state index is 12.5. The van der Waals surface area contributed by atoms with Crippen LogP contribution in [0.4, 0.5) is 13.2 Å². The van der Waals surface area contributed by atoms with E-state index in [2.05, 4.69) is 14.9 Å². The molecule has 0 radical (unpaired) electrons. The Morgan fingerprint density at radius 3 is 2.62 bits per heavy atom. The van der Waals surface area contributed by atoms with Crippen molar-refractivity contribution in [3.8, 4) is 28.7 Å². The molecule has 0 aliphatic rings. The number of hydrogen-bond donors (Lipinski definition) is 0. The van der Waals surface area contributed by atoms with Crippen LogP contribution in [-0.4, -0.2) is 21.1 Å². The molecule has 3 rings (SSSR count). The van der Waals surface area contributed by atoms with Gasteiger partial charge in [-0.1, -0.05) is 23.4 Å². The molecule has 0 saturated heterocycles. The van der Waals surface area contributed by atoms with Crippen molar-refractivity contribution >= 4 is 0 Å². The van der Waals surface area contributed by atoms with Gasteiger partial charge in [-0.25, -0.2) is 0 Å². The molecule has 3 aromatic rings. The third kappa shape index (κ3) is 3.14. The fourth-order valence-corrected chi connectivity index (χ4v) is 2.08. The van der Waals surface area contributed by atoms with Gasteiger partial charge in [0.15, 0.2) is 0 Å². The number of ether oxygens (including phenoxy) is 1. The second kappa shape index (κ2) is 5.84. The number of hydrogen-bond acceptors (Lipinski definition) is 5. The number of para-hydroxylation sites is 1. The largest absolute Gasteiger partial charge is 0.573 e. The van der Waals surface area contributed by atoms with Crippen LogP contribution in [0, 0.1) is 0 Å². The summed E-state index contributed by atoms with van der Waals surface area (Å²) in [5.74, 6) is -0.521. The lowest BCUT2D eigenvalue weighted by atomic mass is 10.2. The summed E-state index contributed by atoms with van der Waals surface area (Å²) in [5, 5.41) is 3.68. The number of pyridine rings is 1. The minimum Gasteiger partial charge on any atom is -0.405 e. The second-order valence-electron chi connectivity index (χ2n) is 4.78. The average molecular weight is 337 g/mol. The molecule has 0 aliphatic heterocycles. The number of nitrogens with zero attached hydrogens (tertiary/aromatic N) is 3. The summed E-state index contributed by atoms with van der Waals surface area (Å²) in [5.41, 5.74) is 0.0780. The molecule has 0 N–H and O–H groups in total. The van der Waals surface area contributed by atoms with E-state index in [1.54, 1.807) is 6.07 Å². The van der Waals surface area contributed by atoms with Gasteiger partial charge in [0.1, 0.15) is 11.4 Å². The van der Waals surface area contributed by atoms with Gasteiger partial charge in [-0.15, -0.1) is 13.2 Å². The number of aromatic nitrogens is 3. The number of rotatable bonds is 3. The highest BCUT2D eigenvalue weighted by molar-refractivity contribution is 5.65. The molecule has 0 fully saturated rings. The van der Waals surface area contributed by atoms with Crippen molar-refractivity contribution in [3.63, 3.8) is 0 Å². The molecule has 0 amide bonds. The quantitative estimate of drug-likeness (QED) is 0.735. The van der Waals surface area contributed by atoms with E-state index in [-0.39, 0.29) is 22.8 Å². The summed E-state index contributed by atoms with van der Waals surface area (Å²) in [6, 6.07) is 9.89. The van der Waals surface area contributed by atoms with Gasteiger partial charge in [-0.3, -0.25) is 4.79 Å². The predicted octanol–water partition coefficient (Wildman–Crippen LogP) is 3.00. The molecule has 1 aromatic carbocycles. The highest BCUT2D eigenvalue weighted by atomic mass is 19.4. The Kier molecular flexibility index (Phi) is 3.84. The molecule has 24 heavy (non-hydrogen) atoms. The van der Waals surface area contributed by atoms with E-state index in [0.29, 0.717) is 5.69 Å². The second-order valence-corrected chi connectivity index (χ2v) is 4.78. The monoisotopic (exact) mass is 337 g/mol. The molecule has 0 spiro atoms. The van der Waals surface area contributed by atoms with Crippen LogP contribution in [-0.2, 0) is 7.05 Å². The fraction of sp³-hybridized carbons (Fsp3) is 0.133. The summed E-state index contributed by atoms with van der Waals surface area (Å²) in [7, 11) is 1.52. The topological polar surface area (TPSA) is 70.2 Å². The van der Waals surface area contributed by atoms with Crippen LogP contribution >= 0.6 is 0 Å². The minimum absolute atomic E-state index is 0.00649. The van der Waals surface area contributed by atoms with Crippen LogP contribution in [0.2, 0.25) is 0 Å². The van der Waals surface area contributed by atoms with Crippen molar-refractivity contribution in [1.29, 1.82) is 0 Å². The molecule has 9 heteroatoms. The van der Waals surface area contributed by atoms with E-state index in [9.17, 15) is 18.0 Å². The van der Waals surface area contributed by atoms with E-state index in [0.717, 1.165) is 6.07 Å². The van der Waals surface area contributed by atoms with Gasteiger partial charge in [-0.05, 0) is 18.2 Å². The van der Waals surface area contributed by atoms with E-state index in [1.807, 2.05) is 0 Å². The number of alkyl halides is 3. The Morgan fingerprint density at radius 1 is 1.12 bits per heavy atom. The van der Waals surface area contributed by atoms with E-state index >= 15 is 0 Å². The van der Waals surface area contributed by atoms with Gasteiger partial charge in [0.25, 0.3) is 11.4 Å². The van der Waals surface area contributed by atoms with Crippen molar-refractivity contribution in [3.05, 3.63) is 52.8 Å². The Labute approximate surface area is 133 Å². The van der Waals surface area contributed by atoms with Crippen molar-refractivity contribution in [2.45, 2.75) is 6.36 Å². The minimum atomic E-state index is -4.84. The normalized spacial score (nSPS) is 11.5. The zero-order chi connectivity index (χ0) is 17.3. The SMILES string of the molecule is Cn1c(-c2nc(-c3ccccc3OC(F)(F)F)no2)cccc1=O. The third-order valence-corrected chi connectivity index (χ3v) is 3.18. The molecule has 0 unspecified atom stereocenters. The van der Waals surface area contributed by atoms with Gasteiger partial charge in [0, 0.05) is 13.1 Å². The predicted molar refractivity (Wildman–Crippen MR) is 77.1 cm³/mol. The van der Waals surface area contributed by atoms with Crippen LogP contribution in [0.1, 0.15) is 0 Å². The lowest BCUT2D eigenvalue weighted by Crippen LogP contribution is -2.17. The van der Waals surface area contributed by atoms with Gasteiger partial charge < -0.3 is 13.8 Å².